The topological polar surface area (TPSA) is 33.1 Å². The lowest BCUT2D eigenvalue weighted by molar-refractivity contribution is 0.192. The fourth-order valence-electron chi connectivity index (χ4n) is 4.36. The average molecular weight is 355 g/mol. The van der Waals surface area contributed by atoms with Gasteiger partial charge in [-0.3, -0.25) is 4.98 Å². The van der Waals surface area contributed by atoms with Crippen molar-refractivity contribution in [2.75, 3.05) is 0 Å². The maximum Gasteiger partial charge on any atom is 0.170 e. The Morgan fingerprint density at radius 1 is 1.12 bits per heavy atom. The molecule has 1 aliphatic carbocycles. The molecule has 2 aliphatic rings. The molecular formula is C20H26N4S. The summed E-state index contributed by atoms with van der Waals surface area (Å²) < 4.78 is 2.30. The molecule has 0 radical (unpaired) electrons. The summed E-state index contributed by atoms with van der Waals surface area (Å²) >= 11 is 5.80. The van der Waals surface area contributed by atoms with E-state index in [1.807, 2.05) is 12.3 Å². The summed E-state index contributed by atoms with van der Waals surface area (Å²) in [4.78, 5) is 7.10. The van der Waals surface area contributed by atoms with Crippen LogP contribution in [0.2, 0.25) is 0 Å². The molecule has 1 saturated carbocycles. The molecule has 4 rings (SSSR count). The molecule has 4 nitrogen and oxygen atoms in total. The zero-order valence-corrected chi connectivity index (χ0v) is 15.8. The minimum atomic E-state index is 0.101. The third-order valence-corrected chi connectivity index (χ3v) is 6.15. The van der Waals surface area contributed by atoms with Crippen LogP contribution >= 0.6 is 12.2 Å². The van der Waals surface area contributed by atoms with Gasteiger partial charge in [0.1, 0.15) is 0 Å². The smallest absolute Gasteiger partial charge is 0.170 e. The number of thiocarbonyl (C=S) groups is 1. The molecule has 2 fully saturated rings. The molecule has 25 heavy (non-hydrogen) atoms. The van der Waals surface area contributed by atoms with E-state index in [2.05, 4.69) is 58.0 Å². The van der Waals surface area contributed by atoms with Crippen LogP contribution in [0.4, 0.5) is 0 Å². The first-order valence-corrected chi connectivity index (χ1v) is 9.69. The highest BCUT2D eigenvalue weighted by atomic mass is 32.1. The van der Waals surface area contributed by atoms with Gasteiger partial charge in [0.15, 0.2) is 5.11 Å². The zero-order valence-electron chi connectivity index (χ0n) is 15.0. The standard InChI is InChI=1S/C20H26N4S/c1-14-11-12-17(23(14)2)19-18(16-10-6-7-13-21-16)22-20(25)24(19)15-8-4-3-5-9-15/h6-7,10-13,15,18-19H,3-5,8-9H2,1-2H3,(H,22,25)/t18-,19+/m0/s1. The van der Waals surface area contributed by atoms with Crippen molar-refractivity contribution in [3.63, 3.8) is 0 Å². The van der Waals surface area contributed by atoms with Crippen molar-refractivity contribution in [3.05, 3.63) is 53.6 Å². The van der Waals surface area contributed by atoms with E-state index in [1.165, 1.54) is 43.5 Å². The monoisotopic (exact) mass is 354 g/mol. The van der Waals surface area contributed by atoms with Gasteiger partial charge >= 0.3 is 0 Å². The van der Waals surface area contributed by atoms with Gasteiger partial charge in [-0.15, -0.1) is 0 Å². The van der Waals surface area contributed by atoms with E-state index >= 15 is 0 Å². The zero-order chi connectivity index (χ0) is 17.4. The summed E-state index contributed by atoms with van der Waals surface area (Å²) in [5, 5.41) is 4.47. The Labute approximate surface area is 155 Å². The first kappa shape index (κ1) is 16.6. The van der Waals surface area contributed by atoms with Gasteiger partial charge in [-0.2, -0.15) is 0 Å². The Balaban J connectivity index is 1.77. The Kier molecular flexibility index (Phi) is 4.50. The quantitative estimate of drug-likeness (QED) is 0.844. The number of nitrogens with zero attached hydrogens (tertiary/aromatic N) is 3. The van der Waals surface area contributed by atoms with Gasteiger partial charge in [-0.1, -0.05) is 25.3 Å². The molecule has 1 aliphatic heterocycles. The lowest BCUT2D eigenvalue weighted by Gasteiger charge is -2.37. The Morgan fingerprint density at radius 2 is 1.92 bits per heavy atom. The van der Waals surface area contributed by atoms with E-state index in [0.717, 1.165) is 10.8 Å². The summed E-state index contributed by atoms with van der Waals surface area (Å²) in [6, 6.07) is 11.4. The van der Waals surface area contributed by atoms with Gasteiger partial charge in [0.25, 0.3) is 0 Å². The van der Waals surface area contributed by atoms with Crippen molar-refractivity contribution < 1.29 is 0 Å². The molecule has 0 aromatic carbocycles. The molecule has 0 amide bonds. The second-order valence-corrected chi connectivity index (χ2v) is 7.67. The number of aromatic nitrogens is 2. The van der Waals surface area contributed by atoms with E-state index in [-0.39, 0.29) is 12.1 Å². The van der Waals surface area contributed by atoms with Crippen molar-refractivity contribution in [2.45, 2.75) is 57.2 Å². The lowest BCUT2D eigenvalue weighted by atomic mass is 9.92. The van der Waals surface area contributed by atoms with Crippen molar-refractivity contribution in [2.24, 2.45) is 7.05 Å². The summed E-state index contributed by atoms with van der Waals surface area (Å²) in [5.74, 6) is 0. The van der Waals surface area contributed by atoms with E-state index in [0.29, 0.717) is 6.04 Å². The molecule has 5 heteroatoms. The number of nitrogens with one attached hydrogen (secondary N) is 1. The van der Waals surface area contributed by atoms with Crippen LogP contribution in [-0.2, 0) is 7.05 Å². The van der Waals surface area contributed by atoms with Crippen molar-refractivity contribution in [1.29, 1.82) is 0 Å². The van der Waals surface area contributed by atoms with Crippen LogP contribution in [0.3, 0.4) is 0 Å². The molecule has 2 aromatic heterocycles. The van der Waals surface area contributed by atoms with Crippen LogP contribution in [0.25, 0.3) is 0 Å². The Morgan fingerprint density at radius 3 is 2.56 bits per heavy atom. The maximum atomic E-state index is 5.80. The van der Waals surface area contributed by atoms with Gasteiger partial charge in [0.05, 0.1) is 17.8 Å². The van der Waals surface area contributed by atoms with Crippen molar-refractivity contribution in [3.8, 4) is 0 Å². The molecular weight excluding hydrogens is 328 g/mol. The second-order valence-electron chi connectivity index (χ2n) is 7.28. The van der Waals surface area contributed by atoms with E-state index < -0.39 is 0 Å². The van der Waals surface area contributed by atoms with Gasteiger partial charge < -0.3 is 14.8 Å². The summed E-state index contributed by atoms with van der Waals surface area (Å²) in [7, 11) is 2.15. The van der Waals surface area contributed by atoms with E-state index in [9.17, 15) is 0 Å². The minimum absolute atomic E-state index is 0.101. The summed E-state index contributed by atoms with van der Waals surface area (Å²) in [6.07, 6.45) is 8.29. The summed E-state index contributed by atoms with van der Waals surface area (Å²) in [5.41, 5.74) is 3.65. The van der Waals surface area contributed by atoms with Crippen LogP contribution in [-0.4, -0.2) is 25.6 Å². The number of aryl methyl sites for hydroxylation is 1. The highest BCUT2D eigenvalue weighted by molar-refractivity contribution is 7.80. The van der Waals surface area contributed by atoms with Crippen LogP contribution in [0.5, 0.6) is 0 Å². The third kappa shape index (κ3) is 2.95. The Bertz CT molecular complexity index is 748. The molecule has 1 saturated heterocycles. The first-order chi connectivity index (χ1) is 12.2. The third-order valence-electron chi connectivity index (χ3n) is 5.82. The highest BCUT2D eigenvalue weighted by Gasteiger charge is 2.44. The van der Waals surface area contributed by atoms with Crippen LogP contribution < -0.4 is 5.32 Å². The largest absolute Gasteiger partial charge is 0.352 e. The molecule has 132 valence electrons. The average Bonchev–Trinajstić information content (AvgIpc) is 3.16. The molecule has 0 spiro atoms. The fourth-order valence-corrected chi connectivity index (χ4v) is 4.75. The highest BCUT2D eigenvalue weighted by Crippen LogP contribution is 2.42. The van der Waals surface area contributed by atoms with Crippen molar-refractivity contribution >= 4 is 17.3 Å². The Hall–Kier alpha value is -1.88. The fraction of sp³-hybridized carbons (Fsp3) is 0.500. The van der Waals surface area contributed by atoms with Gasteiger partial charge in [0, 0.05) is 30.7 Å². The number of rotatable bonds is 3. The number of hydrogen-bond donors (Lipinski definition) is 1. The SMILES string of the molecule is Cc1ccc([C@@H]2[C@H](c3ccccn3)NC(=S)N2C2CCCCC2)n1C. The van der Waals surface area contributed by atoms with Gasteiger partial charge in [-0.25, -0.2) is 0 Å². The summed E-state index contributed by atoms with van der Waals surface area (Å²) in [6.45, 7) is 2.16. The molecule has 2 atom stereocenters. The molecule has 1 N–H and O–H groups in total. The lowest BCUT2D eigenvalue weighted by Crippen LogP contribution is -2.40. The molecule has 2 aromatic rings. The van der Waals surface area contributed by atoms with Crippen LogP contribution in [0, 0.1) is 6.92 Å². The van der Waals surface area contributed by atoms with Crippen molar-refractivity contribution in [1.82, 2.24) is 19.8 Å². The van der Waals surface area contributed by atoms with Crippen LogP contribution in [0.1, 0.15) is 61.3 Å². The number of pyridine rings is 1. The predicted octanol–water partition coefficient (Wildman–Crippen LogP) is 4.03. The predicted molar refractivity (Wildman–Crippen MR) is 104 cm³/mol. The molecule has 0 unspecified atom stereocenters. The first-order valence-electron chi connectivity index (χ1n) is 9.29. The van der Waals surface area contributed by atoms with E-state index in [4.69, 9.17) is 12.2 Å². The maximum absolute atomic E-state index is 5.80. The van der Waals surface area contributed by atoms with Gasteiger partial charge in [-0.05, 0) is 56.2 Å². The molecule has 0 bridgehead atoms. The minimum Gasteiger partial charge on any atom is -0.352 e. The van der Waals surface area contributed by atoms with Gasteiger partial charge in [0.2, 0.25) is 0 Å². The normalized spacial score (nSPS) is 24.6. The second kappa shape index (κ2) is 6.79. The molecule has 3 heterocycles. The van der Waals surface area contributed by atoms with Crippen LogP contribution in [0.15, 0.2) is 36.5 Å². The number of hydrogen-bond acceptors (Lipinski definition) is 2. The van der Waals surface area contributed by atoms with E-state index in [1.54, 1.807) is 0 Å².